The number of anilines is 1. The van der Waals surface area contributed by atoms with Crippen LogP contribution in [0.1, 0.15) is 5.56 Å². The number of hydrogen-bond donors (Lipinski definition) is 1. The quantitative estimate of drug-likeness (QED) is 0.675. The van der Waals surface area contributed by atoms with Crippen molar-refractivity contribution < 1.29 is 4.74 Å². The Morgan fingerprint density at radius 2 is 1.75 bits per heavy atom. The summed E-state index contributed by atoms with van der Waals surface area (Å²) >= 11 is 0. The van der Waals surface area contributed by atoms with Gasteiger partial charge in [-0.25, -0.2) is 0 Å². The maximum absolute atomic E-state index is 5.77. The Morgan fingerprint density at radius 3 is 2.62 bits per heavy atom. The average molecular weight is 209 g/mol. The molecule has 1 heterocycles. The lowest BCUT2D eigenvalue weighted by atomic mass is 9.95. The summed E-state index contributed by atoms with van der Waals surface area (Å²) < 4.78 is 5.66. The van der Waals surface area contributed by atoms with Gasteiger partial charge in [0.25, 0.3) is 0 Å². The molecule has 0 amide bonds. The first kappa shape index (κ1) is 9.04. The van der Waals surface area contributed by atoms with E-state index >= 15 is 0 Å². The van der Waals surface area contributed by atoms with Gasteiger partial charge in [0.05, 0.1) is 0 Å². The molecular formula is C14H11NO. The Labute approximate surface area is 94.0 Å². The first-order valence-corrected chi connectivity index (χ1v) is 5.12. The highest BCUT2D eigenvalue weighted by Crippen LogP contribution is 2.41. The van der Waals surface area contributed by atoms with Crippen LogP contribution in [0.4, 0.5) is 5.69 Å². The van der Waals surface area contributed by atoms with E-state index < -0.39 is 0 Å². The molecule has 2 nitrogen and oxygen atoms in total. The fraction of sp³-hybridized carbons (Fsp3) is 0. The molecule has 1 aliphatic rings. The first-order chi connectivity index (χ1) is 7.75. The smallest absolute Gasteiger partial charge is 0.135 e. The predicted octanol–water partition coefficient (Wildman–Crippen LogP) is 3.30. The van der Waals surface area contributed by atoms with Crippen molar-refractivity contribution in [1.82, 2.24) is 0 Å². The van der Waals surface area contributed by atoms with Crippen LogP contribution in [0.3, 0.4) is 0 Å². The van der Waals surface area contributed by atoms with Crippen LogP contribution < -0.4 is 10.5 Å². The third-order valence-electron chi connectivity index (χ3n) is 2.75. The molecular weight excluding hydrogens is 198 g/mol. The monoisotopic (exact) mass is 209 g/mol. The second-order valence-electron chi connectivity index (χ2n) is 3.83. The maximum atomic E-state index is 5.77. The van der Waals surface area contributed by atoms with Gasteiger partial charge in [-0.05, 0) is 23.8 Å². The highest BCUT2D eigenvalue weighted by molar-refractivity contribution is 5.87. The van der Waals surface area contributed by atoms with E-state index in [4.69, 9.17) is 10.5 Å². The van der Waals surface area contributed by atoms with Gasteiger partial charge in [0.2, 0.25) is 0 Å². The van der Waals surface area contributed by atoms with Gasteiger partial charge in [-0.2, -0.15) is 0 Å². The van der Waals surface area contributed by atoms with E-state index in [1.165, 1.54) is 0 Å². The number of para-hydroxylation sites is 1. The van der Waals surface area contributed by atoms with Crippen molar-refractivity contribution in [1.29, 1.82) is 0 Å². The summed E-state index contributed by atoms with van der Waals surface area (Å²) in [5.74, 6) is 1.51. The molecule has 0 aliphatic carbocycles. The van der Waals surface area contributed by atoms with Crippen molar-refractivity contribution in [3.8, 4) is 16.9 Å². The summed E-state index contributed by atoms with van der Waals surface area (Å²) in [4.78, 5) is 0. The van der Waals surface area contributed by atoms with E-state index in [0.29, 0.717) is 5.76 Å². The molecule has 2 heteroatoms. The van der Waals surface area contributed by atoms with Crippen LogP contribution >= 0.6 is 0 Å². The van der Waals surface area contributed by atoms with Crippen molar-refractivity contribution in [2.45, 2.75) is 0 Å². The molecule has 78 valence electrons. The number of fused-ring (bicyclic) bond motifs is 3. The Bertz CT molecular complexity index is 587. The van der Waals surface area contributed by atoms with Crippen LogP contribution in [0.15, 0.2) is 49.0 Å². The molecule has 0 radical (unpaired) electrons. The molecule has 1 aliphatic heterocycles. The van der Waals surface area contributed by atoms with E-state index in [9.17, 15) is 0 Å². The van der Waals surface area contributed by atoms with Gasteiger partial charge < -0.3 is 10.5 Å². The molecule has 0 bridgehead atoms. The number of nitrogens with two attached hydrogens (primary N) is 1. The third-order valence-corrected chi connectivity index (χ3v) is 2.75. The van der Waals surface area contributed by atoms with Crippen LogP contribution in [0.5, 0.6) is 5.75 Å². The van der Waals surface area contributed by atoms with E-state index in [0.717, 1.165) is 28.1 Å². The Morgan fingerprint density at radius 1 is 0.938 bits per heavy atom. The zero-order chi connectivity index (χ0) is 11.1. The number of hydrogen-bond acceptors (Lipinski definition) is 2. The minimum atomic E-state index is 0.654. The van der Waals surface area contributed by atoms with Crippen molar-refractivity contribution >= 4 is 11.4 Å². The molecule has 0 saturated heterocycles. The van der Waals surface area contributed by atoms with Crippen LogP contribution in [-0.4, -0.2) is 0 Å². The molecule has 0 unspecified atom stereocenters. The largest absolute Gasteiger partial charge is 0.457 e. The average Bonchev–Trinajstić information content (AvgIpc) is 2.29. The summed E-state index contributed by atoms with van der Waals surface area (Å²) in [6, 6.07) is 13.7. The van der Waals surface area contributed by atoms with Gasteiger partial charge in [-0.1, -0.05) is 30.8 Å². The summed E-state index contributed by atoms with van der Waals surface area (Å²) in [6.45, 7) is 3.92. The number of ether oxygens (including phenoxy) is 1. The number of benzene rings is 2. The Kier molecular flexibility index (Phi) is 1.77. The molecule has 2 aromatic carbocycles. The first-order valence-electron chi connectivity index (χ1n) is 5.12. The number of rotatable bonds is 0. The molecule has 2 aromatic rings. The Balaban J connectivity index is 2.33. The zero-order valence-corrected chi connectivity index (χ0v) is 8.73. The minimum Gasteiger partial charge on any atom is -0.457 e. The lowest BCUT2D eigenvalue weighted by molar-refractivity contribution is 0.513. The van der Waals surface area contributed by atoms with Crippen LogP contribution in [0.25, 0.3) is 16.9 Å². The van der Waals surface area contributed by atoms with Crippen molar-refractivity contribution in [2.24, 2.45) is 0 Å². The fourth-order valence-corrected chi connectivity index (χ4v) is 1.99. The second-order valence-corrected chi connectivity index (χ2v) is 3.83. The molecule has 16 heavy (non-hydrogen) atoms. The molecule has 0 saturated carbocycles. The van der Waals surface area contributed by atoms with E-state index in [2.05, 4.69) is 6.58 Å². The number of nitrogen functional groups attached to an aromatic ring is 1. The van der Waals surface area contributed by atoms with Gasteiger partial charge >= 0.3 is 0 Å². The maximum Gasteiger partial charge on any atom is 0.135 e. The van der Waals surface area contributed by atoms with E-state index in [1.54, 1.807) is 0 Å². The van der Waals surface area contributed by atoms with Crippen LogP contribution in [0.2, 0.25) is 0 Å². The van der Waals surface area contributed by atoms with Crippen LogP contribution in [-0.2, 0) is 0 Å². The third kappa shape index (κ3) is 1.20. The van der Waals surface area contributed by atoms with E-state index in [1.807, 2.05) is 42.5 Å². The SMILES string of the molecule is C=C1Oc2ccccc2-c2ccc(N)cc21. The van der Waals surface area contributed by atoms with Crippen LogP contribution in [0, 0.1) is 0 Å². The normalized spacial score (nSPS) is 12.6. The summed E-state index contributed by atoms with van der Waals surface area (Å²) in [6.07, 6.45) is 0. The standard InChI is InChI=1S/C14H11NO/c1-9-13-8-10(15)6-7-11(13)12-4-2-3-5-14(12)16-9/h2-8H,1,15H2. The zero-order valence-electron chi connectivity index (χ0n) is 8.73. The lowest BCUT2D eigenvalue weighted by Crippen LogP contribution is -2.04. The van der Waals surface area contributed by atoms with Crippen molar-refractivity contribution in [3.05, 3.63) is 54.6 Å². The van der Waals surface area contributed by atoms with Gasteiger partial charge in [-0.3, -0.25) is 0 Å². The molecule has 3 rings (SSSR count). The molecule has 0 spiro atoms. The van der Waals surface area contributed by atoms with Crippen molar-refractivity contribution in [3.63, 3.8) is 0 Å². The van der Waals surface area contributed by atoms with Crippen molar-refractivity contribution in [2.75, 3.05) is 5.73 Å². The molecule has 0 aromatic heterocycles. The summed E-state index contributed by atoms with van der Waals surface area (Å²) in [7, 11) is 0. The Hall–Kier alpha value is -2.22. The summed E-state index contributed by atoms with van der Waals surface area (Å²) in [5, 5.41) is 0. The van der Waals surface area contributed by atoms with Gasteiger partial charge in [0.15, 0.2) is 0 Å². The topological polar surface area (TPSA) is 35.2 Å². The molecule has 0 fully saturated rings. The van der Waals surface area contributed by atoms with Gasteiger partial charge in [0.1, 0.15) is 11.5 Å². The molecule has 0 atom stereocenters. The predicted molar refractivity (Wildman–Crippen MR) is 66.0 cm³/mol. The fourth-order valence-electron chi connectivity index (χ4n) is 1.99. The highest BCUT2D eigenvalue weighted by atomic mass is 16.5. The van der Waals surface area contributed by atoms with Gasteiger partial charge in [-0.15, -0.1) is 0 Å². The van der Waals surface area contributed by atoms with E-state index in [-0.39, 0.29) is 0 Å². The lowest BCUT2D eigenvalue weighted by Gasteiger charge is -2.22. The minimum absolute atomic E-state index is 0.654. The summed E-state index contributed by atoms with van der Waals surface area (Å²) in [5.41, 5.74) is 9.68. The van der Waals surface area contributed by atoms with Gasteiger partial charge in [0, 0.05) is 16.8 Å². The molecule has 2 N–H and O–H groups in total. The highest BCUT2D eigenvalue weighted by Gasteiger charge is 2.19. The second kappa shape index (κ2) is 3.14.